The van der Waals surface area contributed by atoms with Crippen LogP contribution < -0.4 is 10.6 Å². The van der Waals surface area contributed by atoms with Crippen molar-refractivity contribution in [2.24, 2.45) is 0 Å². The van der Waals surface area contributed by atoms with Gasteiger partial charge >= 0.3 is 5.97 Å². The third-order valence-corrected chi connectivity index (χ3v) is 3.76. The molecule has 0 bridgehead atoms. The predicted octanol–water partition coefficient (Wildman–Crippen LogP) is 4.14. The molecule has 0 saturated heterocycles. The molecule has 28 heavy (non-hydrogen) atoms. The van der Waals surface area contributed by atoms with Crippen molar-refractivity contribution in [2.75, 3.05) is 17.7 Å². The summed E-state index contributed by atoms with van der Waals surface area (Å²) in [4.78, 5) is 28.0. The zero-order chi connectivity index (χ0) is 20.1. The third-order valence-electron chi connectivity index (χ3n) is 3.76. The number of nitrogens with zero attached hydrogens (tertiary/aromatic N) is 1. The Hall–Kier alpha value is -3.81. The monoisotopic (exact) mass is 383 g/mol. The van der Waals surface area contributed by atoms with Crippen molar-refractivity contribution in [1.82, 2.24) is 4.98 Å². The van der Waals surface area contributed by atoms with Gasteiger partial charge < -0.3 is 15.4 Å². The summed E-state index contributed by atoms with van der Waals surface area (Å²) in [5.41, 5.74) is 1.34. The highest BCUT2D eigenvalue weighted by molar-refractivity contribution is 6.04. The molecule has 2 N–H and O–H groups in total. The second kappa shape index (κ2) is 8.26. The summed E-state index contributed by atoms with van der Waals surface area (Å²) in [5, 5.41) is 5.48. The lowest BCUT2D eigenvalue weighted by molar-refractivity contribution is 0.0600. The smallest absolute Gasteiger partial charge is 0.337 e. The number of hydrogen-bond acceptors (Lipinski definition) is 5. The summed E-state index contributed by atoms with van der Waals surface area (Å²) in [5.74, 6) is -2.49. The number of ether oxygens (including phenoxy) is 1. The van der Waals surface area contributed by atoms with E-state index in [1.54, 1.807) is 18.2 Å². The number of carbonyl (C=O) groups excluding carboxylic acids is 2. The van der Waals surface area contributed by atoms with Crippen molar-refractivity contribution in [2.45, 2.75) is 0 Å². The molecule has 0 fully saturated rings. The van der Waals surface area contributed by atoms with Crippen molar-refractivity contribution in [3.63, 3.8) is 0 Å². The molecule has 3 aromatic rings. The van der Waals surface area contributed by atoms with Gasteiger partial charge in [-0.3, -0.25) is 4.79 Å². The minimum Gasteiger partial charge on any atom is -0.465 e. The van der Waals surface area contributed by atoms with Gasteiger partial charge in [-0.05, 0) is 42.5 Å². The highest BCUT2D eigenvalue weighted by Crippen LogP contribution is 2.18. The largest absolute Gasteiger partial charge is 0.465 e. The molecule has 0 radical (unpaired) electrons. The van der Waals surface area contributed by atoms with Gasteiger partial charge in [0, 0.05) is 23.6 Å². The van der Waals surface area contributed by atoms with Crippen LogP contribution in [0.25, 0.3) is 0 Å². The molecule has 1 heterocycles. The highest BCUT2D eigenvalue weighted by atomic mass is 19.2. The fourth-order valence-electron chi connectivity index (χ4n) is 2.37. The minimum absolute atomic E-state index is 0.277. The average Bonchev–Trinajstić information content (AvgIpc) is 2.71. The van der Waals surface area contributed by atoms with Crippen LogP contribution in [0, 0.1) is 11.6 Å². The lowest BCUT2D eigenvalue weighted by Gasteiger charge is -2.08. The molecular formula is C20H15F2N3O3. The number of anilines is 3. The van der Waals surface area contributed by atoms with Crippen molar-refractivity contribution >= 4 is 29.1 Å². The van der Waals surface area contributed by atoms with Gasteiger partial charge in [0.2, 0.25) is 0 Å². The average molecular weight is 383 g/mol. The van der Waals surface area contributed by atoms with Crippen molar-refractivity contribution in [1.29, 1.82) is 0 Å². The first-order chi connectivity index (χ1) is 13.5. The number of pyridine rings is 1. The summed E-state index contributed by atoms with van der Waals surface area (Å²) < 4.78 is 30.8. The Morgan fingerprint density at radius 3 is 2.43 bits per heavy atom. The summed E-state index contributed by atoms with van der Waals surface area (Å²) in [6, 6.07) is 12.8. The second-order valence-corrected chi connectivity index (χ2v) is 5.71. The lowest BCUT2D eigenvalue weighted by Crippen LogP contribution is -2.13. The number of rotatable bonds is 5. The first kappa shape index (κ1) is 19.0. The molecule has 3 rings (SSSR count). The number of carbonyl (C=O) groups is 2. The van der Waals surface area contributed by atoms with E-state index in [4.69, 9.17) is 0 Å². The molecule has 1 amide bonds. The van der Waals surface area contributed by atoms with Crippen molar-refractivity contribution < 1.29 is 23.1 Å². The molecule has 0 saturated carbocycles. The van der Waals surface area contributed by atoms with E-state index in [1.807, 2.05) is 0 Å². The molecule has 0 atom stereocenters. The number of nitrogens with one attached hydrogen (secondary N) is 2. The zero-order valence-corrected chi connectivity index (χ0v) is 14.7. The molecule has 0 spiro atoms. The van der Waals surface area contributed by atoms with Crippen LogP contribution in [0.5, 0.6) is 0 Å². The summed E-state index contributed by atoms with van der Waals surface area (Å²) in [6.07, 6.45) is 1.34. The fraction of sp³-hybridized carbons (Fsp3) is 0.0500. The Labute approximate surface area is 159 Å². The SMILES string of the molecule is COC(=O)c1cccc(NC(=O)c2ccc(Nc3ccc(F)c(F)c3)nc2)c1. The van der Waals surface area contributed by atoms with Gasteiger partial charge in [0.1, 0.15) is 5.82 Å². The van der Waals surface area contributed by atoms with E-state index in [2.05, 4.69) is 20.4 Å². The molecule has 1 aromatic heterocycles. The molecule has 0 aliphatic heterocycles. The van der Waals surface area contributed by atoms with E-state index in [9.17, 15) is 18.4 Å². The van der Waals surface area contributed by atoms with Crippen molar-refractivity contribution in [3.8, 4) is 0 Å². The van der Waals surface area contributed by atoms with E-state index in [0.29, 0.717) is 22.8 Å². The van der Waals surface area contributed by atoms with Crippen molar-refractivity contribution in [3.05, 3.63) is 83.6 Å². The Morgan fingerprint density at radius 1 is 0.929 bits per heavy atom. The Balaban J connectivity index is 1.68. The van der Waals surface area contributed by atoms with Crippen LogP contribution in [0.15, 0.2) is 60.8 Å². The van der Waals surface area contributed by atoms with Gasteiger partial charge in [-0.2, -0.15) is 0 Å². The number of hydrogen-bond donors (Lipinski definition) is 2. The molecular weight excluding hydrogens is 368 g/mol. The van der Waals surface area contributed by atoms with Gasteiger partial charge in [-0.15, -0.1) is 0 Å². The first-order valence-electron chi connectivity index (χ1n) is 8.14. The van der Waals surface area contributed by atoms with Gasteiger partial charge in [0.25, 0.3) is 5.91 Å². The normalized spacial score (nSPS) is 10.2. The summed E-state index contributed by atoms with van der Waals surface area (Å²) >= 11 is 0. The number of methoxy groups -OCH3 is 1. The molecule has 0 aliphatic rings. The Morgan fingerprint density at radius 2 is 1.75 bits per heavy atom. The zero-order valence-electron chi connectivity index (χ0n) is 14.7. The van der Waals surface area contributed by atoms with Crippen LogP contribution in [0.2, 0.25) is 0 Å². The van der Waals surface area contributed by atoms with Crippen LogP contribution in [0.3, 0.4) is 0 Å². The quantitative estimate of drug-likeness (QED) is 0.647. The van der Waals surface area contributed by atoms with Crippen LogP contribution in [0.4, 0.5) is 26.0 Å². The highest BCUT2D eigenvalue weighted by Gasteiger charge is 2.10. The maximum Gasteiger partial charge on any atom is 0.337 e. The molecule has 8 heteroatoms. The minimum atomic E-state index is -0.977. The van der Waals surface area contributed by atoms with E-state index in [-0.39, 0.29) is 5.56 Å². The van der Waals surface area contributed by atoms with E-state index >= 15 is 0 Å². The number of aromatic nitrogens is 1. The van der Waals surface area contributed by atoms with Crippen LogP contribution >= 0.6 is 0 Å². The number of benzene rings is 2. The third kappa shape index (κ3) is 4.47. The van der Waals surface area contributed by atoms with E-state index < -0.39 is 23.5 Å². The maximum atomic E-state index is 13.2. The van der Waals surface area contributed by atoms with Gasteiger partial charge in [-0.1, -0.05) is 6.07 Å². The Bertz CT molecular complexity index is 1020. The maximum absolute atomic E-state index is 13.2. The molecule has 0 unspecified atom stereocenters. The Kier molecular flexibility index (Phi) is 5.59. The fourth-order valence-corrected chi connectivity index (χ4v) is 2.37. The summed E-state index contributed by atoms with van der Waals surface area (Å²) in [6.45, 7) is 0. The summed E-state index contributed by atoms with van der Waals surface area (Å²) in [7, 11) is 1.27. The van der Waals surface area contributed by atoms with Crippen LogP contribution in [0.1, 0.15) is 20.7 Å². The number of halogens is 2. The van der Waals surface area contributed by atoms with Gasteiger partial charge in [-0.25, -0.2) is 18.6 Å². The predicted molar refractivity (Wildman–Crippen MR) is 99.6 cm³/mol. The molecule has 142 valence electrons. The number of amides is 1. The van der Waals surface area contributed by atoms with Crippen LogP contribution in [-0.2, 0) is 4.74 Å². The van der Waals surface area contributed by atoms with Gasteiger partial charge in [0.05, 0.1) is 18.2 Å². The van der Waals surface area contributed by atoms with Crippen LogP contribution in [-0.4, -0.2) is 24.0 Å². The molecule has 2 aromatic carbocycles. The topological polar surface area (TPSA) is 80.3 Å². The standard InChI is InChI=1S/C20H15F2N3O3/c1-28-20(27)12-3-2-4-14(9-12)25-19(26)13-5-8-18(23-11-13)24-15-6-7-16(21)17(22)10-15/h2-11H,1H3,(H,23,24)(H,25,26). The lowest BCUT2D eigenvalue weighted by atomic mass is 10.2. The van der Waals surface area contributed by atoms with Gasteiger partial charge in [0.15, 0.2) is 11.6 Å². The van der Waals surface area contributed by atoms with E-state index in [0.717, 1.165) is 12.1 Å². The molecule has 6 nitrogen and oxygen atoms in total. The molecule has 0 aliphatic carbocycles. The second-order valence-electron chi connectivity index (χ2n) is 5.71. The van der Waals surface area contributed by atoms with E-state index in [1.165, 1.54) is 37.6 Å². The number of esters is 1. The first-order valence-corrected chi connectivity index (χ1v) is 8.14.